The Labute approximate surface area is 156 Å². The Hall–Kier alpha value is -1.89. The zero-order valence-electron chi connectivity index (χ0n) is 15.7. The van der Waals surface area contributed by atoms with Gasteiger partial charge in [0.05, 0.1) is 4.90 Å². The molecule has 0 spiro atoms. The number of sulfonamides is 1. The second kappa shape index (κ2) is 11.7. The van der Waals surface area contributed by atoms with E-state index in [0.29, 0.717) is 12.1 Å². The highest BCUT2D eigenvalue weighted by atomic mass is 32.2. The molecule has 0 bridgehead atoms. The van der Waals surface area contributed by atoms with Crippen LogP contribution in [-0.4, -0.2) is 20.2 Å². The predicted molar refractivity (Wildman–Crippen MR) is 103 cm³/mol. The number of carbonyl (C=O) groups excluding carboxylic acids is 2. The Balaban J connectivity index is 2.31. The Morgan fingerprint density at radius 3 is 1.96 bits per heavy atom. The number of amides is 2. The third-order valence-electron chi connectivity index (χ3n) is 3.98. The van der Waals surface area contributed by atoms with Crippen molar-refractivity contribution in [3.05, 3.63) is 24.3 Å². The summed E-state index contributed by atoms with van der Waals surface area (Å²) in [4.78, 5) is 22.8. The average Bonchev–Trinajstić information content (AvgIpc) is 2.56. The van der Waals surface area contributed by atoms with Gasteiger partial charge in [0.25, 0.3) is 10.0 Å². The summed E-state index contributed by atoms with van der Waals surface area (Å²) < 4.78 is 25.6. The number of hydrogen-bond acceptors (Lipinski definition) is 4. The van der Waals surface area contributed by atoms with Gasteiger partial charge in [-0.3, -0.25) is 9.59 Å². The minimum atomic E-state index is -3.85. The minimum absolute atomic E-state index is 0.0197. The Kier molecular flexibility index (Phi) is 9.95. The summed E-state index contributed by atoms with van der Waals surface area (Å²) in [6.07, 6.45) is 9.87. The monoisotopic (exact) mass is 382 g/mol. The van der Waals surface area contributed by atoms with E-state index in [9.17, 15) is 18.0 Å². The second-order valence-electron chi connectivity index (χ2n) is 6.46. The van der Waals surface area contributed by atoms with Gasteiger partial charge in [0.15, 0.2) is 0 Å². The molecule has 146 valence electrons. The molecule has 0 aliphatic heterocycles. The molecule has 0 radical (unpaired) electrons. The fourth-order valence-electron chi connectivity index (χ4n) is 2.61. The van der Waals surface area contributed by atoms with Gasteiger partial charge in [0.2, 0.25) is 11.8 Å². The lowest BCUT2D eigenvalue weighted by Gasteiger charge is -2.08. The van der Waals surface area contributed by atoms with Gasteiger partial charge < -0.3 is 5.32 Å². The largest absolute Gasteiger partial charge is 0.326 e. The van der Waals surface area contributed by atoms with E-state index in [1.165, 1.54) is 56.4 Å². The van der Waals surface area contributed by atoms with Crippen molar-refractivity contribution in [1.29, 1.82) is 0 Å². The van der Waals surface area contributed by atoms with E-state index in [4.69, 9.17) is 0 Å². The van der Waals surface area contributed by atoms with E-state index in [1.54, 1.807) is 0 Å². The molecule has 0 aliphatic carbocycles. The molecule has 2 N–H and O–H groups in total. The fourth-order valence-corrected chi connectivity index (χ4v) is 3.60. The van der Waals surface area contributed by atoms with Crippen LogP contribution in [0.3, 0.4) is 0 Å². The molecular weight excluding hydrogens is 352 g/mol. The number of anilines is 1. The van der Waals surface area contributed by atoms with Crippen LogP contribution in [0.1, 0.15) is 71.6 Å². The zero-order chi connectivity index (χ0) is 19.4. The molecular formula is C19H30N2O4S. The molecule has 0 saturated carbocycles. The fraction of sp³-hybridized carbons (Fsp3) is 0.579. The number of rotatable bonds is 12. The van der Waals surface area contributed by atoms with Crippen LogP contribution in [-0.2, 0) is 19.6 Å². The zero-order valence-corrected chi connectivity index (χ0v) is 16.5. The first-order valence-corrected chi connectivity index (χ1v) is 10.8. The van der Waals surface area contributed by atoms with Crippen LogP contribution in [0.2, 0.25) is 0 Å². The van der Waals surface area contributed by atoms with Crippen molar-refractivity contribution in [2.24, 2.45) is 0 Å². The van der Waals surface area contributed by atoms with E-state index < -0.39 is 15.9 Å². The topological polar surface area (TPSA) is 92.3 Å². The summed E-state index contributed by atoms with van der Waals surface area (Å²) in [7, 11) is -3.85. The highest BCUT2D eigenvalue weighted by molar-refractivity contribution is 7.90. The maximum Gasteiger partial charge on any atom is 0.264 e. The maximum atomic E-state index is 11.9. The highest BCUT2D eigenvalue weighted by Gasteiger charge is 2.15. The molecule has 0 saturated heterocycles. The lowest BCUT2D eigenvalue weighted by atomic mass is 10.1. The molecule has 0 fully saturated rings. The number of benzene rings is 1. The lowest BCUT2D eigenvalue weighted by molar-refractivity contribution is -0.117. The third kappa shape index (κ3) is 8.99. The van der Waals surface area contributed by atoms with Gasteiger partial charge >= 0.3 is 0 Å². The molecule has 7 heteroatoms. The summed E-state index contributed by atoms with van der Waals surface area (Å²) in [5.74, 6) is -0.721. The molecule has 26 heavy (non-hydrogen) atoms. The maximum absolute atomic E-state index is 11.9. The molecule has 0 aromatic heterocycles. The van der Waals surface area contributed by atoms with Crippen molar-refractivity contribution in [3.63, 3.8) is 0 Å². The summed E-state index contributed by atoms with van der Waals surface area (Å²) in [5.41, 5.74) is 0.538. The number of hydrogen-bond donors (Lipinski definition) is 2. The first-order valence-electron chi connectivity index (χ1n) is 9.28. The molecule has 0 unspecified atom stereocenters. The molecule has 6 nitrogen and oxygen atoms in total. The number of unbranched alkanes of at least 4 members (excludes halogenated alkanes) is 7. The van der Waals surface area contributed by atoms with Gasteiger partial charge in [0.1, 0.15) is 0 Å². The molecule has 0 aliphatic rings. The standard InChI is InChI=1S/C19H30N2O4S/c1-3-4-5-6-7-8-9-10-11-19(23)20-17-12-14-18(15-13-17)26(24,25)21-16(2)22/h12-15H,3-11H2,1-2H3,(H,20,23)(H,21,22). The van der Waals surface area contributed by atoms with E-state index in [0.717, 1.165) is 26.2 Å². The van der Waals surface area contributed by atoms with Crippen LogP contribution in [0.25, 0.3) is 0 Å². The Morgan fingerprint density at radius 2 is 1.42 bits per heavy atom. The van der Waals surface area contributed by atoms with E-state index >= 15 is 0 Å². The highest BCUT2D eigenvalue weighted by Crippen LogP contribution is 2.15. The van der Waals surface area contributed by atoms with Gasteiger partial charge in [0, 0.05) is 19.0 Å². The SMILES string of the molecule is CCCCCCCCCCC(=O)Nc1ccc(S(=O)(=O)NC(C)=O)cc1. The van der Waals surface area contributed by atoms with Crippen molar-refractivity contribution in [1.82, 2.24) is 4.72 Å². The van der Waals surface area contributed by atoms with Crippen molar-refractivity contribution >= 4 is 27.5 Å². The number of nitrogens with one attached hydrogen (secondary N) is 2. The van der Waals surface area contributed by atoms with Crippen LogP contribution < -0.4 is 10.0 Å². The Morgan fingerprint density at radius 1 is 0.885 bits per heavy atom. The molecule has 1 aromatic carbocycles. The van der Waals surface area contributed by atoms with Crippen LogP contribution in [0.5, 0.6) is 0 Å². The molecule has 0 atom stereocenters. The molecule has 2 amide bonds. The van der Waals surface area contributed by atoms with Gasteiger partial charge in [-0.15, -0.1) is 0 Å². The average molecular weight is 383 g/mol. The first-order chi connectivity index (χ1) is 12.3. The van der Waals surface area contributed by atoms with Gasteiger partial charge in [-0.25, -0.2) is 13.1 Å². The summed E-state index contributed by atoms with van der Waals surface area (Å²) in [6.45, 7) is 3.34. The second-order valence-corrected chi connectivity index (χ2v) is 8.14. The van der Waals surface area contributed by atoms with Crippen LogP contribution in [0.4, 0.5) is 5.69 Å². The van der Waals surface area contributed by atoms with E-state index in [2.05, 4.69) is 12.2 Å². The first kappa shape index (κ1) is 22.2. The van der Waals surface area contributed by atoms with Crippen LogP contribution in [0.15, 0.2) is 29.2 Å². The van der Waals surface area contributed by atoms with Crippen molar-refractivity contribution in [2.45, 2.75) is 76.5 Å². The predicted octanol–water partition coefficient (Wildman–Crippen LogP) is 3.98. The summed E-state index contributed by atoms with van der Waals surface area (Å²) in [5, 5.41) is 2.76. The Bertz CT molecular complexity index is 669. The smallest absolute Gasteiger partial charge is 0.264 e. The van der Waals surface area contributed by atoms with Gasteiger partial charge in [-0.1, -0.05) is 51.9 Å². The van der Waals surface area contributed by atoms with Gasteiger partial charge in [-0.05, 0) is 30.7 Å². The summed E-state index contributed by atoms with van der Waals surface area (Å²) >= 11 is 0. The minimum Gasteiger partial charge on any atom is -0.326 e. The molecule has 1 aromatic rings. The lowest BCUT2D eigenvalue weighted by Crippen LogP contribution is -2.28. The van der Waals surface area contributed by atoms with Crippen LogP contribution in [0, 0.1) is 0 Å². The van der Waals surface area contributed by atoms with E-state index in [-0.39, 0.29) is 10.8 Å². The van der Waals surface area contributed by atoms with Gasteiger partial charge in [-0.2, -0.15) is 0 Å². The normalized spacial score (nSPS) is 11.2. The third-order valence-corrected chi connectivity index (χ3v) is 5.43. The summed E-state index contributed by atoms with van der Waals surface area (Å²) in [6, 6.07) is 5.75. The van der Waals surface area contributed by atoms with Crippen LogP contribution >= 0.6 is 0 Å². The molecule has 1 rings (SSSR count). The van der Waals surface area contributed by atoms with Crippen molar-refractivity contribution < 1.29 is 18.0 Å². The van der Waals surface area contributed by atoms with E-state index in [1.807, 2.05) is 4.72 Å². The molecule has 0 heterocycles. The number of carbonyl (C=O) groups is 2. The van der Waals surface area contributed by atoms with Crippen molar-refractivity contribution in [3.8, 4) is 0 Å². The quantitative estimate of drug-likeness (QED) is 0.535. The van der Waals surface area contributed by atoms with Crippen molar-refractivity contribution in [2.75, 3.05) is 5.32 Å².